The van der Waals surface area contributed by atoms with Gasteiger partial charge in [-0.25, -0.2) is 0 Å². The lowest BCUT2D eigenvalue weighted by molar-refractivity contribution is 0.520. The van der Waals surface area contributed by atoms with Gasteiger partial charge in [0.05, 0.1) is 25.2 Å². The largest absolute Gasteiger partial charge is 0.317 e. The molecule has 120 valence electrons. The Morgan fingerprint density at radius 1 is 0.524 bits per heavy atom. The van der Waals surface area contributed by atoms with Crippen molar-refractivity contribution >= 4 is 25.2 Å². The van der Waals surface area contributed by atoms with Gasteiger partial charge in [-0.2, -0.15) is 0 Å². The molecule has 0 atom stereocenters. The number of hydrogen-bond donors (Lipinski definition) is 3. The van der Waals surface area contributed by atoms with Crippen LogP contribution in [-0.2, 0) is 0 Å². The topological polar surface area (TPSA) is 49.0 Å². The van der Waals surface area contributed by atoms with Crippen LogP contribution in [0.4, 0.5) is 0 Å². The smallest absolute Gasteiger partial charge is 0.0814 e. The van der Waals surface area contributed by atoms with Gasteiger partial charge >= 0.3 is 0 Å². The van der Waals surface area contributed by atoms with Gasteiger partial charge in [0.15, 0.2) is 0 Å². The van der Waals surface area contributed by atoms with Crippen LogP contribution >= 0.6 is 0 Å². The number of aromatic nitrogens is 1. The van der Waals surface area contributed by atoms with Gasteiger partial charge in [-0.05, 0) is 38.1 Å². The Morgan fingerprint density at radius 2 is 0.952 bits per heavy atom. The normalized spacial score (nSPS) is 16.0. The molecule has 0 amide bonds. The Bertz CT molecular complexity index is 196. The molecule has 2 aliphatic rings. The molecule has 1 aromatic rings. The fourth-order valence-corrected chi connectivity index (χ4v) is 1.72. The van der Waals surface area contributed by atoms with E-state index in [0.717, 1.165) is 26.2 Å². The summed E-state index contributed by atoms with van der Waals surface area (Å²) in [7, 11) is 0. The summed E-state index contributed by atoms with van der Waals surface area (Å²) < 4.78 is 0. The number of pyridine rings is 1. The Balaban J connectivity index is -0.000000216. The van der Waals surface area contributed by atoms with E-state index in [1.807, 2.05) is 18.2 Å². The molecule has 3 rings (SSSR count). The van der Waals surface area contributed by atoms with Crippen molar-refractivity contribution in [2.45, 2.75) is 19.3 Å². The average Bonchev–Trinajstić information content (AvgIpc) is 2.54. The minimum absolute atomic E-state index is 0. The minimum atomic E-state index is 0. The van der Waals surface area contributed by atoms with Gasteiger partial charge in [-0.1, -0.05) is 12.5 Å². The predicted molar refractivity (Wildman–Crippen MR) is 107 cm³/mol. The standard InChI is InChI=1S/C5H11N.C5H5N.C4H10N2.3BH3/c2*1-2-4-6-5-3-1;1-2-6-4-3-5-1;;;/h6H,1-5H2;1-5H;5-6H,1-4H2;3*1H3. The summed E-state index contributed by atoms with van der Waals surface area (Å²) in [4.78, 5) is 3.78. The van der Waals surface area contributed by atoms with Crippen LogP contribution in [-0.4, -0.2) is 69.5 Å². The second-order valence-corrected chi connectivity index (χ2v) is 4.34. The van der Waals surface area contributed by atoms with Crippen LogP contribution in [0.15, 0.2) is 30.6 Å². The van der Waals surface area contributed by atoms with E-state index in [2.05, 4.69) is 20.9 Å². The fourth-order valence-electron chi connectivity index (χ4n) is 1.72. The van der Waals surface area contributed by atoms with Gasteiger partial charge < -0.3 is 16.0 Å². The third-order valence-corrected chi connectivity index (χ3v) is 2.73. The second-order valence-electron chi connectivity index (χ2n) is 4.34. The van der Waals surface area contributed by atoms with Crippen LogP contribution in [0.3, 0.4) is 0 Å². The summed E-state index contributed by atoms with van der Waals surface area (Å²) in [6.07, 6.45) is 7.72. The molecule has 0 spiro atoms. The molecule has 2 saturated heterocycles. The van der Waals surface area contributed by atoms with Crippen LogP contribution in [0.2, 0.25) is 0 Å². The zero-order chi connectivity index (χ0) is 12.7. The number of piperazine rings is 1. The molecule has 4 nitrogen and oxygen atoms in total. The van der Waals surface area contributed by atoms with Gasteiger partial charge in [0.25, 0.3) is 0 Å². The Kier molecular flexibility index (Phi) is 25.8. The summed E-state index contributed by atoms with van der Waals surface area (Å²) >= 11 is 0. The monoisotopic (exact) mass is 292 g/mol. The summed E-state index contributed by atoms with van der Waals surface area (Å²) in [6, 6.07) is 5.72. The van der Waals surface area contributed by atoms with Crippen LogP contribution in [0.1, 0.15) is 19.3 Å². The van der Waals surface area contributed by atoms with E-state index < -0.39 is 0 Å². The number of hydrogen-bond acceptors (Lipinski definition) is 4. The zero-order valence-electron chi connectivity index (χ0n) is 11.2. The maximum atomic E-state index is 3.78. The van der Waals surface area contributed by atoms with Gasteiger partial charge in [0.1, 0.15) is 0 Å². The van der Waals surface area contributed by atoms with Crippen LogP contribution < -0.4 is 16.0 Å². The first-order valence-electron chi connectivity index (χ1n) is 6.97. The lowest BCUT2D eigenvalue weighted by Gasteiger charge is -2.11. The fraction of sp³-hybridized carbons (Fsp3) is 0.643. The molecule has 0 radical (unpaired) electrons. The first-order valence-corrected chi connectivity index (χ1v) is 6.97. The van der Waals surface area contributed by atoms with Crippen molar-refractivity contribution in [2.75, 3.05) is 39.3 Å². The molecule has 2 fully saturated rings. The second kappa shape index (κ2) is 21.5. The SMILES string of the molecule is B.B.B.C1CCNCC1.C1CNCCN1.c1ccncc1. The average molecular weight is 292 g/mol. The third kappa shape index (κ3) is 19.2. The van der Waals surface area contributed by atoms with E-state index in [-0.39, 0.29) is 25.2 Å². The highest BCUT2D eigenvalue weighted by molar-refractivity contribution is 5.76. The van der Waals surface area contributed by atoms with Crippen LogP contribution in [0, 0.1) is 0 Å². The number of rotatable bonds is 0. The molecule has 0 unspecified atom stereocenters. The molecule has 3 N–H and O–H groups in total. The van der Waals surface area contributed by atoms with Gasteiger partial charge in [-0.3, -0.25) is 4.98 Å². The molecule has 0 aromatic carbocycles. The van der Waals surface area contributed by atoms with E-state index in [9.17, 15) is 0 Å². The van der Waals surface area contributed by atoms with E-state index in [4.69, 9.17) is 0 Å². The summed E-state index contributed by atoms with van der Waals surface area (Å²) in [5, 5.41) is 9.73. The predicted octanol–water partition coefficient (Wildman–Crippen LogP) is -2.53. The molecule has 7 heteroatoms. The van der Waals surface area contributed by atoms with Crippen molar-refractivity contribution in [3.63, 3.8) is 0 Å². The molecular weight excluding hydrogens is 257 g/mol. The molecule has 2 aliphatic heterocycles. The van der Waals surface area contributed by atoms with Gasteiger partial charge in [0, 0.05) is 38.6 Å². The maximum absolute atomic E-state index is 3.78. The van der Waals surface area contributed by atoms with Crippen molar-refractivity contribution in [3.05, 3.63) is 30.6 Å². The lowest BCUT2D eigenvalue weighted by atomic mass is 10.2. The minimum Gasteiger partial charge on any atom is -0.317 e. The van der Waals surface area contributed by atoms with Gasteiger partial charge in [0.2, 0.25) is 0 Å². The van der Waals surface area contributed by atoms with Crippen LogP contribution in [0.25, 0.3) is 0 Å². The van der Waals surface area contributed by atoms with E-state index >= 15 is 0 Å². The van der Waals surface area contributed by atoms with Gasteiger partial charge in [-0.15, -0.1) is 0 Å². The lowest BCUT2D eigenvalue weighted by Crippen LogP contribution is -2.39. The van der Waals surface area contributed by atoms with Crippen LogP contribution in [0.5, 0.6) is 0 Å². The van der Waals surface area contributed by atoms with Crippen molar-refractivity contribution in [1.82, 2.24) is 20.9 Å². The van der Waals surface area contributed by atoms with Crippen molar-refractivity contribution in [3.8, 4) is 0 Å². The molecule has 21 heavy (non-hydrogen) atoms. The van der Waals surface area contributed by atoms with Crippen molar-refractivity contribution < 1.29 is 0 Å². The first kappa shape index (κ1) is 25.2. The maximum Gasteiger partial charge on any atom is 0.0814 e. The summed E-state index contributed by atoms with van der Waals surface area (Å²) in [6.45, 7) is 7.06. The molecule has 0 bridgehead atoms. The van der Waals surface area contributed by atoms with Crippen molar-refractivity contribution in [2.24, 2.45) is 0 Å². The highest BCUT2D eigenvalue weighted by Gasteiger charge is 1.93. The molecule has 0 aliphatic carbocycles. The zero-order valence-corrected chi connectivity index (χ0v) is 11.2. The van der Waals surface area contributed by atoms with E-state index in [1.54, 1.807) is 12.4 Å². The summed E-state index contributed by atoms with van der Waals surface area (Å²) in [5.41, 5.74) is 0. The quantitative estimate of drug-likeness (QED) is 0.462. The summed E-state index contributed by atoms with van der Waals surface area (Å²) in [5.74, 6) is 0. The Hall–Kier alpha value is -0.775. The number of nitrogens with zero attached hydrogens (tertiary/aromatic N) is 1. The van der Waals surface area contributed by atoms with Crippen molar-refractivity contribution in [1.29, 1.82) is 0 Å². The Labute approximate surface area is 136 Å². The molecule has 3 heterocycles. The van der Waals surface area contributed by atoms with E-state index in [0.29, 0.717) is 0 Å². The highest BCUT2D eigenvalue weighted by atomic mass is 15.0. The number of nitrogens with one attached hydrogen (secondary N) is 3. The first-order chi connectivity index (χ1) is 9.00. The third-order valence-electron chi connectivity index (χ3n) is 2.73. The van der Waals surface area contributed by atoms with E-state index in [1.165, 1.54) is 32.4 Å². The Morgan fingerprint density at radius 3 is 1.10 bits per heavy atom. The number of piperidine rings is 1. The molecule has 1 aromatic heterocycles. The highest BCUT2D eigenvalue weighted by Crippen LogP contribution is 1.96. The molecular formula is C14H35B3N4. The molecule has 0 saturated carbocycles.